The van der Waals surface area contributed by atoms with E-state index in [9.17, 15) is 9.59 Å². The maximum absolute atomic E-state index is 12.1. The normalized spacial score (nSPS) is 10.6. The summed E-state index contributed by atoms with van der Waals surface area (Å²) in [6.07, 6.45) is 0. The molecule has 0 aliphatic rings. The second kappa shape index (κ2) is 10.0. The van der Waals surface area contributed by atoms with Gasteiger partial charge in [0.05, 0.1) is 15.9 Å². The standard InChI is InChI=1S/C19H21BrN6O4/c1-12-17(20)13(2)26(24-12)10-15-23-19(30-25-15)18(28)22-9-8-21-16(27)11-29-14-6-4-3-5-7-14/h3-7H,8-11H2,1-2H3,(H,21,27)(H,22,28). The van der Waals surface area contributed by atoms with Crippen LogP contribution in [0.1, 0.15) is 27.9 Å². The van der Waals surface area contributed by atoms with E-state index in [2.05, 4.69) is 41.8 Å². The Hall–Kier alpha value is -3.21. The zero-order chi connectivity index (χ0) is 21.5. The van der Waals surface area contributed by atoms with E-state index in [1.165, 1.54) is 0 Å². The van der Waals surface area contributed by atoms with Gasteiger partial charge >= 0.3 is 11.8 Å². The van der Waals surface area contributed by atoms with Crippen molar-refractivity contribution in [3.05, 3.63) is 57.9 Å². The van der Waals surface area contributed by atoms with Crippen LogP contribution in [-0.4, -0.2) is 51.4 Å². The molecule has 3 rings (SSSR count). The number of para-hydroxylation sites is 1. The molecule has 3 aromatic rings. The van der Waals surface area contributed by atoms with Crippen molar-refractivity contribution in [3.8, 4) is 5.75 Å². The van der Waals surface area contributed by atoms with Crippen LogP contribution in [0, 0.1) is 13.8 Å². The van der Waals surface area contributed by atoms with E-state index in [0.29, 0.717) is 11.6 Å². The van der Waals surface area contributed by atoms with Crippen molar-refractivity contribution in [2.45, 2.75) is 20.4 Å². The molecule has 0 aliphatic heterocycles. The quantitative estimate of drug-likeness (QED) is 0.449. The smallest absolute Gasteiger partial charge is 0.316 e. The summed E-state index contributed by atoms with van der Waals surface area (Å²) in [7, 11) is 0. The number of nitrogens with one attached hydrogen (secondary N) is 2. The molecule has 0 bridgehead atoms. The minimum absolute atomic E-state index is 0.104. The molecule has 0 radical (unpaired) electrons. The highest BCUT2D eigenvalue weighted by molar-refractivity contribution is 9.10. The fraction of sp³-hybridized carbons (Fsp3) is 0.316. The first kappa shape index (κ1) is 21.5. The van der Waals surface area contributed by atoms with Gasteiger partial charge in [-0.3, -0.25) is 14.3 Å². The third-order valence-electron chi connectivity index (χ3n) is 4.09. The molecule has 2 amide bonds. The Morgan fingerprint density at radius 3 is 2.60 bits per heavy atom. The van der Waals surface area contributed by atoms with Crippen LogP contribution >= 0.6 is 15.9 Å². The van der Waals surface area contributed by atoms with E-state index in [1.54, 1.807) is 16.8 Å². The molecule has 0 fully saturated rings. The Kier molecular flexibility index (Phi) is 7.17. The lowest BCUT2D eigenvalue weighted by molar-refractivity contribution is -0.123. The number of hydrogen-bond donors (Lipinski definition) is 2. The first-order valence-electron chi connectivity index (χ1n) is 9.19. The van der Waals surface area contributed by atoms with Gasteiger partial charge in [0.25, 0.3) is 5.91 Å². The Balaban J connectivity index is 1.39. The number of aryl methyl sites for hydroxylation is 1. The summed E-state index contributed by atoms with van der Waals surface area (Å²) in [6, 6.07) is 9.03. The fourth-order valence-corrected chi connectivity index (χ4v) is 2.83. The second-order valence-corrected chi connectivity index (χ2v) is 7.16. The number of amides is 2. The van der Waals surface area contributed by atoms with Crippen molar-refractivity contribution >= 4 is 27.7 Å². The predicted octanol–water partition coefficient (Wildman–Crippen LogP) is 1.62. The molecule has 2 N–H and O–H groups in total. The van der Waals surface area contributed by atoms with Gasteiger partial charge < -0.3 is 19.9 Å². The van der Waals surface area contributed by atoms with Crippen molar-refractivity contribution in [1.29, 1.82) is 0 Å². The van der Waals surface area contributed by atoms with Gasteiger partial charge in [0.2, 0.25) is 0 Å². The monoisotopic (exact) mass is 476 g/mol. The molecular weight excluding hydrogens is 456 g/mol. The molecule has 0 saturated carbocycles. The number of ether oxygens (including phenoxy) is 1. The van der Waals surface area contributed by atoms with Crippen LogP contribution in [0.15, 0.2) is 39.3 Å². The Bertz CT molecular complexity index is 1020. The number of aromatic nitrogens is 4. The summed E-state index contributed by atoms with van der Waals surface area (Å²) in [5, 5.41) is 13.4. The zero-order valence-electron chi connectivity index (χ0n) is 16.5. The molecule has 10 nitrogen and oxygen atoms in total. The molecule has 30 heavy (non-hydrogen) atoms. The zero-order valence-corrected chi connectivity index (χ0v) is 18.1. The number of benzene rings is 1. The number of halogens is 1. The lowest BCUT2D eigenvalue weighted by Gasteiger charge is -2.07. The molecule has 0 aliphatic carbocycles. The Labute approximate surface area is 181 Å². The molecule has 0 atom stereocenters. The maximum Gasteiger partial charge on any atom is 0.316 e. The number of carbonyl (C=O) groups is 2. The van der Waals surface area contributed by atoms with Gasteiger partial charge in [0.15, 0.2) is 12.4 Å². The van der Waals surface area contributed by atoms with Crippen LogP contribution in [0.25, 0.3) is 0 Å². The minimum Gasteiger partial charge on any atom is -0.484 e. The lowest BCUT2D eigenvalue weighted by atomic mass is 10.3. The van der Waals surface area contributed by atoms with Crippen molar-refractivity contribution in [2.24, 2.45) is 0 Å². The van der Waals surface area contributed by atoms with Crippen LogP contribution in [-0.2, 0) is 11.3 Å². The van der Waals surface area contributed by atoms with E-state index in [-0.39, 0.29) is 38.0 Å². The topological polar surface area (TPSA) is 124 Å². The molecule has 2 heterocycles. The van der Waals surface area contributed by atoms with E-state index in [1.807, 2.05) is 32.0 Å². The molecule has 1 aromatic carbocycles. The van der Waals surface area contributed by atoms with Crippen LogP contribution in [0.2, 0.25) is 0 Å². The van der Waals surface area contributed by atoms with E-state index in [0.717, 1.165) is 15.9 Å². The maximum atomic E-state index is 12.1. The summed E-state index contributed by atoms with van der Waals surface area (Å²) in [4.78, 5) is 28.0. The summed E-state index contributed by atoms with van der Waals surface area (Å²) in [6.45, 7) is 4.42. The highest BCUT2D eigenvalue weighted by atomic mass is 79.9. The summed E-state index contributed by atoms with van der Waals surface area (Å²) >= 11 is 3.46. The van der Waals surface area contributed by atoms with Gasteiger partial charge in [-0.05, 0) is 41.9 Å². The summed E-state index contributed by atoms with van der Waals surface area (Å²) in [5.74, 6) is -0.00256. The summed E-state index contributed by atoms with van der Waals surface area (Å²) < 4.78 is 13.0. The van der Waals surface area contributed by atoms with Gasteiger partial charge in [0, 0.05) is 13.1 Å². The molecular formula is C19H21BrN6O4. The van der Waals surface area contributed by atoms with E-state index < -0.39 is 5.91 Å². The third-order valence-corrected chi connectivity index (χ3v) is 5.24. The Morgan fingerprint density at radius 1 is 1.17 bits per heavy atom. The largest absolute Gasteiger partial charge is 0.484 e. The average molecular weight is 477 g/mol. The average Bonchev–Trinajstić information content (AvgIpc) is 3.31. The first-order valence-corrected chi connectivity index (χ1v) is 9.98. The SMILES string of the molecule is Cc1nn(Cc2noc(C(=O)NCCNC(=O)COc3ccccc3)n2)c(C)c1Br. The first-order chi connectivity index (χ1) is 14.4. The third kappa shape index (κ3) is 5.66. The van der Waals surface area contributed by atoms with Crippen molar-refractivity contribution in [3.63, 3.8) is 0 Å². The number of hydrogen-bond acceptors (Lipinski definition) is 7. The molecule has 0 saturated heterocycles. The van der Waals surface area contributed by atoms with Gasteiger partial charge in [-0.2, -0.15) is 10.1 Å². The molecule has 0 spiro atoms. The minimum atomic E-state index is -0.516. The van der Waals surface area contributed by atoms with Crippen molar-refractivity contribution in [1.82, 2.24) is 30.6 Å². The van der Waals surface area contributed by atoms with Gasteiger partial charge in [-0.1, -0.05) is 23.4 Å². The van der Waals surface area contributed by atoms with Crippen LogP contribution in [0.5, 0.6) is 5.75 Å². The highest BCUT2D eigenvalue weighted by Gasteiger charge is 2.17. The van der Waals surface area contributed by atoms with Crippen LogP contribution in [0.3, 0.4) is 0 Å². The van der Waals surface area contributed by atoms with Crippen LogP contribution in [0.4, 0.5) is 0 Å². The number of rotatable bonds is 9. The molecule has 158 valence electrons. The molecule has 11 heteroatoms. The van der Waals surface area contributed by atoms with E-state index in [4.69, 9.17) is 9.26 Å². The highest BCUT2D eigenvalue weighted by Crippen LogP contribution is 2.20. The summed E-state index contributed by atoms with van der Waals surface area (Å²) in [5.41, 5.74) is 1.78. The van der Waals surface area contributed by atoms with Crippen molar-refractivity contribution in [2.75, 3.05) is 19.7 Å². The number of nitrogens with zero attached hydrogens (tertiary/aromatic N) is 4. The van der Waals surface area contributed by atoms with Crippen LogP contribution < -0.4 is 15.4 Å². The number of carbonyl (C=O) groups excluding carboxylic acids is 2. The van der Waals surface area contributed by atoms with Gasteiger partial charge in [-0.25, -0.2) is 0 Å². The van der Waals surface area contributed by atoms with Gasteiger partial charge in [-0.15, -0.1) is 0 Å². The molecule has 2 aromatic heterocycles. The lowest BCUT2D eigenvalue weighted by Crippen LogP contribution is -2.36. The molecule has 0 unspecified atom stereocenters. The second-order valence-electron chi connectivity index (χ2n) is 6.37. The van der Waals surface area contributed by atoms with E-state index >= 15 is 0 Å². The van der Waals surface area contributed by atoms with Gasteiger partial charge in [0.1, 0.15) is 12.3 Å². The van der Waals surface area contributed by atoms with Crippen molar-refractivity contribution < 1.29 is 18.8 Å². The predicted molar refractivity (Wildman–Crippen MR) is 110 cm³/mol. The fourth-order valence-electron chi connectivity index (χ4n) is 2.54. The Morgan fingerprint density at radius 2 is 1.90 bits per heavy atom.